The topological polar surface area (TPSA) is 39.7 Å². The molecule has 5 rings (SSSR count). The molecule has 1 aromatic carbocycles. The zero-order valence-corrected chi connectivity index (χ0v) is 21.7. The second kappa shape index (κ2) is 9.54. The van der Waals surface area contributed by atoms with E-state index in [4.69, 9.17) is 0 Å². The lowest BCUT2D eigenvalue weighted by molar-refractivity contribution is 0.0159. The summed E-state index contributed by atoms with van der Waals surface area (Å²) in [5.74, 6) is 0.674. The van der Waals surface area contributed by atoms with Crippen molar-refractivity contribution in [3.05, 3.63) is 59.9 Å². The predicted octanol–water partition coefficient (Wildman–Crippen LogP) is 5.61. The van der Waals surface area contributed by atoms with Crippen LogP contribution in [0, 0.1) is 5.92 Å². The van der Waals surface area contributed by atoms with Crippen LogP contribution in [-0.2, 0) is 12.1 Å². The normalized spacial score (nSPS) is 27.6. The number of thioether (sulfide) groups is 1. The highest BCUT2D eigenvalue weighted by Gasteiger charge is 2.54. The first-order chi connectivity index (χ1) is 16.5. The Morgan fingerprint density at radius 2 is 1.82 bits per heavy atom. The Balaban J connectivity index is 1.40. The van der Waals surface area contributed by atoms with E-state index in [0.717, 1.165) is 44.5 Å². The van der Waals surface area contributed by atoms with Crippen molar-refractivity contribution in [2.75, 3.05) is 33.4 Å². The minimum Gasteiger partial charge on any atom is -0.317 e. The molecule has 1 spiro atoms. The minimum absolute atomic E-state index is 0.0410. The van der Waals surface area contributed by atoms with Crippen molar-refractivity contribution in [2.45, 2.75) is 67.5 Å². The van der Waals surface area contributed by atoms with Gasteiger partial charge in [-0.15, -0.1) is 11.8 Å². The van der Waals surface area contributed by atoms with Gasteiger partial charge in [0.1, 0.15) is 0 Å². The Morgan fingerprint density at radius 3 is 2.44 bits per heavy atom. The first-order valence-corrected chi connectivity index (χ1v) is 14.0. The van der Waals surface area contributed by atoms with Crippen molar-refractivity contribution >= 4 is 17.8 Å². The maximum absolute atomic E-state index is 13.8. The molecule has 1 aliphatic heterocycles. The summed E-state index contributed by atoms with van der Waals surface area (Å²) in [6.45, 7) is 2.35. The van der Waals surface area contributed by atoms with Gasteiger partial charge in [0.15, 0.2) is 0 Å². The molecular weight excluding hydrogens is 440 g/mol. The fourth-order valence-electron chi connectivity index (χ4n) is 6.38. The molecule has 0 radical (unpaired) electrons. The van der Waals surface area contributed by atoms with Crippen LogP contribution >= 0.6 is 11.8 Å². The van der Waals surface area contributed by atoms with Gasteiger partial charge in [-0.1, -0.05) is 36.8 Å². The van der Waals surface area contributed by atoms with E-state index in [2.05, 4.69) is 76.4 Å². The van der Waals surface area contributed by atoms with Gasteiger partial charge in [0.05, 0.1) is 17.8 Å². The van der Waals surface area contributed by atoms with E-state index in [0.29, 0.717) is 12.5 Å². The van der Waals surface area contributed by atoms with E-state index < -0.39 is 0 Å². The highest BCUT2D eigenvalue weighted by atomic mass is 32.2. The smallest absolute Gasteiger partial charge is 0.317 e. The van der Waals surface area contributed by atoms with Crippen LogP contribution in [0.15, 0.2) is 53.6 Å². The summed E-state index contributed by atoms with van der Waals surface area (Å²) in [6, 6.07) is 15.4. The second-order valence-electron chi connectivity index (χ2n) is 10.7. The van der Waals surface area contributed by atoms with Crippen molar-refractivity contribution in [3.63, 3.8) is 0 Å². The fourth-order valence-corrected chi connectivity index (χ4v) is 6.83. The number of pyridine rings is 1. The van der Waals surface area contributed by atoms with Crippen LogP contribution in [0.2, 0.25) is 0 Å². The van der Waals surface area contributed by atoms with Gasteiger partial charge in [-0.2, -0.15) is 0 Å². The number of carbonyl (C=O) groups is 1. The maximum Gasteiger partial charge on any atom is 0.320 e. The quantitative estimate of drug-likeness (QED) is 0.485. The first kappa shape index (κ1) is 23.7. The molecule has 34 heavy (non-hydrogen) atoms. The zero-order chi connectivity index (χ0) is 23.8. The number of benzene rings is 1. The molecule has 5 nitrogen and oxygen atoms in total. The van der Waals surface area contributed by atoms with E-state index in [1.165, 1.54) is 29.7 Å². The number of hydrogen-bond acceptors (Lipinski definition) is 4. The van der Waals surface area contributed by atoms with Gasteiger partial charge < -0.3 is 9.80 Å². The van der Waals surface area contributed by atoms with Gasteiger partial charge in [0, 0.05) is 29.7 Å². The Labute approximate surface area is 208 Å². The average Bonchev–Trinajstić information content (AvgIpc) is 3.07. The molecule has 2 aliphatic carbocycles. The van der Waals surface area contributed by atoms with Crippen molar-refractivity contribution in [3.8, 4) is 0 Å². The molecule has 0 N–H and O–H groups in total. The number of nitrogens with zero attached hydrogens (tertiary/aromatic N) is 4. The SMILES string of the molecule is CSc1ccnc(CN2CC3(CCC(c4ccccc4)(N(C)C)CC3)N(CC3CCC3)C2=O)c1. The first-order valence-electron chi connectivity index (χ1n) is 12.7. The Bertz CT molecular complexity index is 998. The van der Waals surface area contributed by atoms with Gasteiger partial charge in [0.25, 0.3) is 0 Å². The molecule has 2 aromatic rings. The van der Waals surface area contributed by atoms with Crippen molar-refractivity contribution < 1.29 is 4.79 Å². The van der Waals surface area contributed by atoms with Crippen LogP contribution < -0.4 is 0 Å². The van der Waals surface area contributed by atoms with Crippen molar-refractivity contribution in [1.29, 1.82) is 0 Å². The second-order valence-corrected chi connectivity index (χ2v) is 11.6. The minimum atomic E-state index is -0.0575. The monoisotopic (exact) mass is 478 g/mol. The molecule has 0 atom stereocenters. The van der Waals surface area contributed by atoms with Crippen LogP contribution in [0.1, 0.15) is 56.2 Å². The Kier molecular flexibility index (Phi) is 6.64. The molecule has 1 saturated heterocycles. The summed E-state index contributed by atoms with van der Waals surface area (Å²) in [4.78, 5) is 26.4. The number of carbonyl (C=O) groups excluding carboxylic acids is 1. The van der Waals surface area contributed by atoms with Crippen LogP contribution in [0.25, 0.3) is 0 Å². The highest BCUT2D eigenvalue weighted by Crippen LogP contribution is 2.49. The molecule has 182 valence electrons. The third-order valence-corrected chi connectivity index (χ3v) is 9.50. The molecule has 2 amide bonds. The number of aromatic nitrogens is 1. The third-order valence-electron chi connectivity index (χ3n) is 8.78. The summed E-state index contributed by atoms with van der Waals surface area (Å²) in [5, 5.41) is 0. The van der Waals surface area contributed by atoms with E-state index in [9.17, 15) is 4.79 Å². The van der Waals surface area contributed by atoms with Crippen molar-refractivity contribution in [1.82, 2.24) is 19.7 Å². The van der Waals surface area contributed by atoms with Crippen LogP contribution in [0.4, 0.5) is 4.79 Å². The Hall–Kier alpha value is -2.05. The van der Waals surface area contributed by atoms with Gasteiger partial charge in [0.2, 0.25) is 0 Å². The zero-order valence-electron chi connectivity index (χ0n) is 20.9. The molecule has 1 aromatic heterocycles. The summed E-state index contributed by atoms with van der Waals surface area (Å²) < 4.78 is 0. The van der Waals surface area contributed by atoms with Gasteiger partial charge in [-0.25, -0.2) is 4.79 Å². The lowest BCUT2D eigenvalue weighted by atomic mass is 9.68. The molecule has 6 heteroatoms. The van der Waals surface area contributed by atoms with E-state index in [1.807, 2.05) is 12.3 Å². The van der Waals surface area contributed by atoms with E-state index in [1.54, 1.807) is 11.8 Å². The standard InChI is InChI=1S/C28H38N4OS/c1-30(2)28(23-10-5-4-6-11-23)15-13-27(14-16-28)21-31(20-24-18-25(34-3)12-17-29-24)26(33)32(27)19-22-8-7-9-22/h4-6,10-12,17-18,22H,7-9,13-16,19-21H2,1-3H3. The lowest BCUT2D eigenvalue weighted by Crippen LogP contribution is -2.56. The predicted molar refractivity (Wildman–Crippen MR) is 139 cm³/mol. The van der Waals surface area contributed by atoms with Crippen LogP contribution in [0.3, 0.4) is 0 Å². The number of urea groups is 1. The number of hydrogen-bond donors (Lipinski definition) is 0. The third kappa shape index (κ3) is 4.24. The summed E-state index contributed by atoms with van der Waals surface area (Å²) in [5.41, 5.74) is 2.38. The van der Waals surface area contributed by atoms with Crippen LogP contribution in [-0.4, -0.2) is 64.7 Å². The molecule has 3 fully saturated rings. The van der Waals surface area contributed by atoms with E-state index in [-0.39, 0.29) is 17.1 Å². The maximum atomic E-state index is 13.8. The molecule has 2 saturated carbocycles. The number of rotatable bonds is 7. The summed E-state index contributed by atoms with van der Waals surface area (Å²) in [7, 11) is 4.43. The summed E-state index contributed by atoms with van der Waals surface area (Å²) >= 11 is 1.72. The van der Waals surface area contributed by atoms with Crippen LogP contribution in [0.5, 0.6) is 0 Å². The fraction of sp³-hybridized carbons (Fsp3) is 0.571. The Morgan fingerprint density at radius 1 is 1.09 bits per heavy atom. The number of amides is 2. The average molecular weight is 479 g/mol. The highest BCUT2D eigenvalue weighted by molar-refractivity contribution is 7.98. The van der Waals surface area contributed by atoms with Gasteiger partial charge >= 0.3 is 6.03 Å². The van der Waals surface area contributed by atoms with Crippen molar-refractivity contribution in [2.24, 2.45) is 5.92 Å². The molecule has 2 heterocycles. The molecule has 0 bridgehead atoms. The van der Waals surface area contributed by atoms with Gasteiger partial charge in [-0.05, 0) is 82.5 Å². The largest absolute Gasteiger partial charge is 0.320 e. The van der Waals surface area contributed by atoms with Gasteiger partial charge in [-0.3, -0.25) is 9.88 Å². The molecular formula is C28H38N4OS. The van der Waals surface area contributed by atoms with E-state index >= 15 is 0 Å². The molecule has 3 aliphatic rings. The lowest BCUT2D eigenvalue weighted by Gasteiger charge is -2.51. The summed E-state index contributed by atoms with van der Waals surface area (Å²) in [6.07, 6.45) is 12.1. The molecule has 0 unspecified atom stereocenters.